The molecule has 3 fully saturated rings. The van der Waals surface area contributed by atoms with Gasteiger partial charge >= 0.3 is 30.2 Å². The minimum atomic E-state index is -4.81. The van der Waals surface area contributed by atoms with Crippen LogP contribution in [0.1, 0.15) is 43.8 Å². The van der Waals surface area contributed by atoms with Gasteiger partial charge in [0.2, 0.25) is 3.79 Å². The molecule has 22 heteroatoms. The van der Waals surface area contributed by atoms with Gasteiger partial charge in [-0.2, -0.15) is 13.2 Å². The van der Waals surface area contributed by atoms with Crippen molar-refractivity contribution in [1.82, 2.24) is 5.32 Å². The molecule has 0 saturated carbocycles. The molecule has 0 bridgehead atoms. The van der Waals surface area contributed by atoms with Gasteiger partial charge in [0.25, 0.3) is 0 Å². The molecule has 3 aliphatic rings. The first-order valence-corrected chi connectivity index (χ1v) is 21.5. The summed E-state index contributed by atoms with van der Waals surface area (Å²) in [4.78, 5) is 56.3. The van der Waals surface area contributed by atoms with E-state index in [1.165, 1.54) is 23.9 Å². The molecule has 3 heterocycles. The Bertz CT molecular complexity index is 2110. The van der Waals surface area contributed by atoms with Gasteiger partial charge in [-0.15, -0.1) is 0 Å². The van der Waals surface area contributed by atoms with Gasteiger partial charge in [0, 0.05) is 43.0 Å². The number of alkyl carbamates (subject to hydrolysis) is 1. The smallest absolute Gasteiger partial charge is 0.417 e. The molecule has 3 aromatic carbocycles. The molecule has 15 nitrogen and oxygen atoms in total. The number of ether oxygens (including phenoxy) is 9. The highest BCUT2D eigenvalue weighted by Crippen LogP contribution is 2.42. The van der Waals surface area contributed by atoms with Gasteiger partial charge < -0.3 is 47.9 Å². The number of aliphatic imine (C=N–C) groups is 1. The van der Waals surface area contributed by atoms with Crippen molar-refractivity contribution >= 4 is 76.8 Å². The molecule has 0 aromatic heterocycles. The van der Waals surface area contributed by atoms with Gasteiger partial charge in [-0.3, -0.25) is 19.4 Å². The molecule has 64 heavy (non-hydrogen) atoms. The van der Waals surface area contributed by atoms with Crippen molar-refractivity contribution in [1.29, 1.82) is 0 Å². The van der Waals surface area contributed by atoms with Gasteiger partial charge in [-0.25, -0.2) is 4.79 Å². The number of amides is 1. The van der Waals surface area contributed by atoms with Crippen LogP contribution in [-0.2, 0) is 63.2 Å². The van der Waals surface area contributed by atoms with Gasteiger partial charge in [0.15, 0.2) is 24.8 Å². The molecule has 1 amide bonds. The molecule has 346 valence electrons. The van der Waals surface area contributed by atoms with Crippen LogP contribution in [-0.4, -0.2) is 114 Å². The van der Waals surface area contributed by atoms with Crippen molar-refractivity contribution < 1.29 is 75.0 Å². The number of thioether (sulfide) groups is 1. The van der Waals surface area contributed by atoms with E-state index in [0.29, 0.717) is 10.5 Å². The number of alkyl halides is 6. The first-order valence-electron chi connectivity index (χ1n) is 19.5. The molecular weight excluding hydrogens is 936 g/mol. The normalized spacial score (nSPS) is 28.4. The first kappa shape index (κ1) is 49.3. The summed E-state index contributed by atoms with van der Waals surface area (Å²) in [5.74, 6) is -2.55. The monoisotopic (exact) mass is 976 g/mol. The first-order chi connectivity index (χ1) is 30.4. The standard InChI is InChI=1S/C42H42Cl3F3N2O13S/c1-22(51)55-19-29-33(58-23(2)52)35(59-24(3)53)31(49-18-26-14-10-11-17-28(26)42(46,47)48)38(60-29)63-36-32(50-40(54)57-21-41(43,44)45)39(64-27-15-8-5-9-16-27)61-30-20-56-37(62-34(30)36)25-12-6-4-7-13-25/h4-18,29-39H,19-21H2,1-3H3,(H,50,54)/t29-,30-,31-,32-,33-,34-,35-,36-,37-,38-,39+/m1/s1. The predicted molar refractivity (Wildman–Crippen MR) is 224 cm³/mol. The molecule has 1 N–H and O–H groups in total. The fourth-order valence-electron chi connectivity index (χ4n) is 7.07. The lowest BCUT2D eigenvalue weighted by atomic mass is 9.94. The van der Waals surface area contributed by atoms with E-state index in [9.17, 15) is 32.3 Å². The van der Waals surface area contributed by atoms with E-state index in [4.69, 9.17) is 77.4 Å². The summed E-state index contributed by atoms with van der Waals surface area (Å²) in [6.45, 7) is 1.89. The van der Waals surface area contributed by atoms with Crippen LogP contribution in [0.25, 0.3) is 0 Å². The van der Waals surface area contributed by atoms with Crippen LogP contribution in [0.2, 0.25) is 0 Å². The molecule has 11 atom stereocenters. The SMILES string of the molecule is CC(=O)OC[C@H]1O[C@H](O[C@@H]2[C@@H](NC(=O)OCC(Cl)(Cl)Cl)[C@H](Sc3ccccc3)O[C@@H]3CO[C@@H](c4ccccc4)O[C@@H]23)[C@H](N=Cc2ccccc2C(F)(F)F)[C@@H](OC(C)=O)[C@@H]1OC(C)=O. The van der Waals surface area contributed by atoms with E-state index < -0.39 is 119 Å². The third-order valence-corrected chi connectivity index (χ3v) is 11.2. The Morgan fingerprint density at radius 3 is 2.09 bits per heavy atom. The van der Waals surface area contributed by atoms with Crippen LogP contribution in [0.4, 0.5) is 18.0 Å². The molecule has 3 saturated heterocycles. The average molecular weight is 978 g/mol. The van der Waals surface area contributed by atoms with Gasteiger partial charge in [0.1, 0.15) is 49.1 Å². The summed E-state index contributed by atoms with van der Waals surface area (Å²) in [5.41, 5.74) is -1.86. The number of fused-ring (bicyclic) bond motifs is 1. The Hall–Kier alpha value is -4.18. The quantitative estimate of drug-likeness (QED) is 0.0793. The van der Waals surface area contributed by atoms with E-state index >= 15 is 0 Å². The molecule has 0 spiro atoms. The number of esters is 3. The number of carbonyl (C=O) groups excluding carboxylic acids is 4. The lowest BCUT2D eigenvalue weighted by Crippen LogP contribution is -2.69. The van der Waals surface area contributed by atoms with Gasteiger partial charge in [-0.05, 0) is 18.2 Å². The van der Waals surface area contributed by atoms with Crippen LogP contribution in [0.15, 0.2) is 94.8 Å². The maximum absolute atomic E-state index is 14.2. The Labute approximate surface area is 384 Å². The number of nitrogens with zero attached hydrogens (tertiary/aromatic N) is 1. The number of rotatable bonds is 13. The van der Waals surface area contributed by atoms with Crippen LogP contribution >= 0.6 is 46.6 Å². The zero-order chi connectivity index (χ0) is 46.2. The maximum atomic E-state index is 14.2. The predicted octanol–water partition coefficient (Wildman–Crippen LogP) is 7.13. The summed E-state index contributed by atoms with van der Waals surface area (Å²) < 4.78 is 95.2. The van der Waals surface area contributed by atoms with Gasteiger partial charge in [0.05, 0.1) is 18.2 Å². The summed E-state index contributed by atoms with van der Waals surface area (Å²) >= 11 is 18.9. The number of carbonyl (C=O) groups is 4. The van der Waals surface area contributed by atoms with Gasteiger partial charge in [-0.1, -0.05) is 113 Å². The average Bonchev–Trinajstić information content (AvgIpc) is 3.23. The zero-order valence-electron chi connectivity index (χ0n) is 34.1. The summed E-state index contributed by atoms with van der Waals surface area (Å²) in [7, 11) is 0. The molecule has 6 rings (SSSR count). The highest BCUT2D eigenvalue weighted by atomic mass is 35.6. The van der Waals surface area contributed by atoms with Crippen molar-refractivity contribution in [2.75, 3.05) is 19.8 Å². The summed E-state index contributed by atoms with van der Waals surface area (Å²) in [5, 5.41) is 2.74. The largest absolute Gasteiger partial charge is 0.463 e. The minimum absolute atomic E-state index is 0.0681. The van der Waals surface area contributed by atoms with Crippen molar-refractivity contribution in [3.05, 3.63) is 102 Å². The number of halogens is 6. The lowest BCUT2D eigenvalue weighted by molar-refractivity contribution is -0.343. The third kappa shape index (κ3) is 13.4. The molecule has 0 unspecified atom stereocenters. The van der Waals surface area contributed by atoms with Crippen LogP contribution in [0.5, 0.6) is 0 Å². The second-order valence-electron chi connectivity index (χ2n) is 14.5. The molecule has 0 aliphatic carbocycles. The topological polar surface area (TPSA) is 176 Å². The van der Waals surface area contributed by atoms with E-state index in [1.807, 2.05) is 0 Å². The van der Waals surface area contributed by atoms with Crippen LogP contribution in [0.3, 0.4) is 0 Å². The van der Waals surface area contributed by atoms with E-state index in [0.717, 1.165) is 39.1 Å². The van der Waals surface area contributed by atoms with Crippen molar-refractivity contribution in [2.24, 2.45) is 4.99 Å². The Morgan fingerprint density at radius 1 is 0.812 bits per heavy atom. The Kier molecular flexibility index (Phi) is 16.8. The summed E-state index contributed by atoms with van der Waals surface area (Å²) in [6.07, 6.45) is -15.9. The zero-order valence-corrected chi connectivity index (χ0v) is 37.1. The number of nitrogens with one attached hydrogen (secondary N) is 1. The maximum Gasteiger partial charge on any atom is 0.417 e. The number of hydrogen-bond donors (Lipinski definition) is 1. The number of hydrogen-bond acceptors (Lipinski definition) is 15. The highest BCUT2D eigenvalue weighted by molar-refractivity contribution is 7.99. The summed E-state index contributed by atoms with van der Waals surface area (Å²) in [6, 6.07) is 19.5. The van der Waals surface area contributed by atoms with E-state index in [-0.39, 0.29) is 12.2 Å². The molecule has 0 radical (unpaired) electrons. The molecular formula is C42H42Cl3F3N2O13S. The third-order valence-electron chi connectivity index (χ3n) is 9.67. The van der Waals surface area contributed by atoms with Crippen molar-refractivity contribution in [2.45, 2.75) is 102 Å². The second kappa shape index (κ2) is 21.9. The van der Waals surface area contributed by atoms with Crippen LogP contribution < -0.4 is 5.32 Å². The fourth-order valence-corrected chi connectivity index (χ4v) is 8.38. The van der Waals surface area contributed by atoms with E-state index in [2.05, 4.69) is 10.3 Å². The minimum Gasteiger partial charge on any atom is -0.463 e. The fraction of sp³-hybridized carbons (Fsp3) is 0.452. The van der Waals surface area contributed by atoms with Crippen molar-refractivity contribution in [3.63, 3.8) is 0 Å². The Balaban J connectivity index is 1.50. The number of benzene rings is 3. The molecule has 3 aliphatic heterocycles. The van der Waals surface area contributed by atoms with Crippen molar-refractivity contribution in [3.8, 4) is 0 Å². The van der Waals surface area contributed by atoms with Crippen LogP contribution in [0, 0.1) is 0 Å². The highest BCUT2D eigenvalue weighted by Gasteiger charge is 2.57. The second-order valence-corrected chi connectivity index (χ2v) is 18.1. The van der Waals surface area contributed by atoms with E-state index in [1.54, 1.807) is 60.7 Å². The molecule has 3 aromatic rings. The Morgan fingerprint density at radius 2 is 1.45 bits per heavy atom. The lowest BCUT2D eigenvalue weighted by Gasteiger charge is -2.51.